The van der Waals surface area contributed by atoms with Gasteiger partial charge in [-0.3, -0.25) is 0 Å². The Kier molecular flexibility index (Phi) is 6.22. The van der Waals surface area contributed by atoms with Crippen molar-refractivity contribution in [3.05, 3.63) is 64.2 Å². The molecule has 2 nitrogen and oxygen atoms in total. The fourth-order valence-corrected chi connectivity index (χ4v) is 2.65. The van der Waals surface area contributed by atoms with Gasteiger partial charge in [0.1, 0.15) is 0 Å². The largest absolute Gasteiger partial charge is 0.358 e. The molecule has 2 rings (SSSR count). The predicted octanol–water partition coefficient (Wildman–Crippen LogP) is 4.95. The van der Waals surface area contributed by atoms with Crippen molar-refractivity contribution in [3.63, 3.8) is 0 Å². The number of anilines is 1. The van der Waals surface area contributed by atoms with Crippen molar-refractivity contribution >= 4 is 34.6 Å². The summed E-state index contributed by atoms with van der Waals surface area (Å²) in [5, 5.41) is 7.99. The first-order valence-corrected chi connectivity index (χ1v) is 8.32. The fraction of sp³-hybridized carbons (Fsp3) is 0.278. The van der Waals surface area contributed by atoms with Gasteiger partial charge in [-0.25, -0.2) is 0 Å². The molecule has 2 N–H and O–H groups in total. The first-order chi connectivity index (χ1) is 10.6. The van der Waals surface area contributed by atoms with E-state index in [-0.39, 0.29) is 0 Å². The molecule has 0 aliphatic carbocycles. The summed E-state index contributed by atoms with van der Waals surface area (Å²) in [6, 6.07) is 14.2. The van der Waals surface area contributed by atoms with E-state index in [1.165, 1.54) is 11.1 Å². The number of hydrogen-bond acceptors (Lipinski definition) is 1. The molecule has 0 heterocycles. The van der Waals surface area contributed by atoms with Crippen molar-refractivity contribution < 1.29 is 0 Å². The highest BCUT2D eigenvalue weighted by Gasteiger charge is 2.07. The summed E-state index contributed by atoms with van der Waals surface area (Å²) < 4.78 is 0. The third kappa shape index (κ3) is 4.46. The Labute approximate surface area is 142 Å². The van der Waals surface area contributed by atoms with Gasteiger partial charge in [-0.05, 0) is 53.9 Å². The first kappa shape index (κ1) is 16.8. The minimum Gasteiger partial charge on any atom is -0.358 e. The molecule has 2 aromatic carbocycles. The van der Waals surface area contributed by atoms with Crippen LogP contribution in [0.4, 0.5) is 5.69 Å². The molecule has 22 heavy (non-hydrogen) atoms. The Morgan fingerprint density at radius 3 is 2.14 bits per heavy atom. The molecule has 0 spiro atoms. The Bertz CT molecular complexity index is 616. The molecule has 0 unspecified atom stereocenters. The first-order valence-electron chi connectivity index (χ1n) is 7.54. The van der Waals surface area contributed by atoms with E-state index >= 15 is 0 Å². The monoisotopic (exact) mass is 332 g/mol. The van der Waals surface area contributed by atoms with Crippen molar-refractivity contribution in [2.45, 2.75) is 33.2 Å². The molecule has 0 aliphatic rings. The summed E-state index contributed by atoms with van der Waals surface area (Å²) in [5.41, 5.74) is 4.86. The second-order valence-electron chi connectivity index (χ2n) is 5.09. The van der Waals surface area contributed by atoms with Crippen molar-refractivity contribution in [3.8, 4) is 0 Å². The number of hydrogen-bond donors (Lipinski definition) is 2. The molecule has 0 saturated heterocycles. The maximum absolute atomic E-state index is 5.89. The molecule has 0 amide bonds. The summed E-state index contributed by atoms with van der Waals surface area (Å²) in [4.78, 5) is 0. The number of nitrogens with one attached hydrogen (secondary N) is 2. The summed E-state index contributed by atoms with van der Waals surface area (Å²) in [6.45, 7) is 4.99. The lowest BCUT2D eigenvalue weighted by atomic mass is 10.0. The van der Waals surface area contributed by atoms with Gasteiger partial charge in [0.25, 0.3) is 0 Å². The van der Waals surface area contributed by atoms with Crippen LogP contribution in [0.3, 0.4) is 0 Å². The minimum atomic E-state index is 0.644. The van der Waals surface area contributed by atoms with E-state index in [4.69, 9.17) is 23.8 Å². The van der Waals surface area contributed by atoms with Crippen LogP contribution in [0.2, 0.25) is 5.02 Å². The Morgan fingerprint density at radius 1 is 1.00 bits per heavy atom. The number of thiocarbonyl (C=S) groups is 1. The number of benzene rings is 2. The number of rotatable bonds is 5. The normalized spacial score (nSPS) is 10.3. The highest BCUT2D eigenvalue weighted by Crippen LogP contribution is 2.22. The number of aryl methyl sites for hydroxylation is 2. The quantitative estimate of drug-likeness (QED) is 0.757. The van der Waals surface area contributed by atoms with Gasteiger partial charge >= 0.3 is 0 Å². The van der Waals surface area contributed by atoms with Crippen molar-refractivity contribution in [2.24, 2.45) is 0 Å². The van der Waals surface area contributed by atoms with Gasteiger partial charge in [0.2, 0.25) is 0 Å². The van der Waals surface area contributed by atoms with Crippen molar-refractivity contribution in [2.75, 3.05) is 5.32 Å². The molecule has 0 fully saturated rings. The summed E-state index contributed by atoms with van der Waals surface area (Å²) in [5.74, 6) is 0. The van der Waals surface area contributed by atoms with Crippen LogP contribution in [0.5, 0.6) is 0 Å². The van der Waals surface area contributed by atoms with Gasteiger partial charge in [-0.1, -0.05) is 55.8 Å². The lowest BCUT2D eigenvalue weighted by Crippen LogP contribution is -2.28. The van der Waals surface area contributed by atoms with E-state index in [2.05, 4.69) is 42.7 Å². The van der Waals surface area contributed by atoms with Gasteiger partial charge in [0.05, 0.1) is 0 Å². The van der Waals surface area contributed by atoms with Gasteiger partial charge in [-0.15, -0.1) is 0 Å². The Hall–Kier alpha value is -1.58. The average Bonchev–Trinajstić information content (AvgIpc) is 2.54. The molecule has 0 saturated carbocycles. The average molecular weight is 333 g/mol. The van der Waals surface area contributed by atoms with Crippen LogP contribution in [-0.2, 0) is 19.4 Å². The number of para-hydroxylation sites is 1. The molecular formula is C18H21ClN2S. The van der Waals surface area contributed by atoms with E-state index < -0.39 is 0 Å². The zero-order chi connectivity index (χ0) is 15.9. The fourth-order valence-electron chi connectivity index (χ4n) is 2.35. The van der Waals surface area contributed by atoms with Crippen LogP contribution < -0.4 is 10.6 Å². The molecule has 0 aliphatic heterocycles. The SMILES string of the molecule is CCc1cccc(CC)c1NC(=S)NCc1ccc(Cl)cc1. The highest BCUT2D eigenvalue weighted by atomic mass is 35.5. The smallest absolute Gasteiger partial charge is 0.171 e. The van der Waals surface area contributed by atoms with Gasteiger partial charge in [0.15, 0.2) is 5.11 Å². The molecule has 0 aromatic heterocycles. The van der Waals surface area contributed by atoms with E-state index in [9.17, 15) is 0 Å². The zero-order valence-electron chi connectivity index (χ0n) is 12.9. The van der Waals surface area contributed by atoms with Crippen molar-refractivity contribution in [1.29, 1.82) is 0 Å². The second-order valence-corrected chi connectivity index (χ2v) is 5.94. The van der Waals surface area contributed by atoms with Crippen molar-refractivity contribution in [1.82, 2.24) is 5.32 Å². The molecule has 0 bridgehead atoms. The van der Waals surface area contributed by atoms with Crippen LogP contribution in [0, 0.1) is 0 Å². The molecule has 4 heteroatoms. The minimum absolute atomic E-state index is 0.644. The van der Waals surface area contributed by atoms with Gasteiger partial charge in [0, 0.05) is 17.3 Å². The van der Waals surface area contributed by atoms with Crippen LogP contribution >= 0.6 is 23.8 Å². The van der Waals surface area contributed by atoms with Crippen LogP contribution in [0.25, 0.3) is 0 Å². The maximum atomic E-state index is 5.89. The standard InChI is InChI=1S/C18H21ClN2S/c1-3-14-6-5-7-15(4-2)17(14)21-18(22)20-12-13-8-10-16(19)11-9-13/h5-11H,3-4,12H2,1-2H3,(H2,20,21,22). The lowest BCUT2D eigenvalue weighted by molar-refractivity contribution is 0.924. The molecule has 0 atom stereocenters. The topological polar surface area (TPSA) is 24.1 Å². The maximum Gasteiger partial charge on any atom is 0.171 e. The van der Waals surface area contributed by atoms with Crippen LogP contribution in [-0.4, -0.2) is 5.11 Å². The molecule has 0 radical (unpaired) electrons. The third-order valence-corrected chi connectivity index (χ3v) is 4.10. The van der Waals surface area contributed by atoms with E-state index in [1.54, 1.807) is 0 Å². The van der Waals surface area contributed by atoms with E-state index in [1.807, 2.05) is 24.3 Å². The van der Waals surface area contributed by atoms with E-state index in [0.29, 0.717) is 11.7 Å². The van der Waals surface area contributed by atoms with Gasteiger partial charge < -0.3 is 10.6 Å². The third-order valence-electron chi connectivity index (χ3n) is 3.60. The lowest BCUT2D eigenvalue weighted by Gasteiger charge is -2.17. The summed E-state index contributed by atoms with van der Waals surface area (Å²) in [6.07, 6.45) is 1.96. The highest BCUT2D eigenvalue weighted by molar-refractivity contribution is 7.80. The predicted molar refractivity (Wildman–Crippen MR) is 99.7 cm³/mol. The number of halogens is 1. The molecule has 116 valence electrons. The van der Waals surface area contributed by atoms with Crippen LogP contribution in [0.1, 0.15) is 30.5 Å². The van der Waals surface area contributed by atoms with Gasteiger partial charge in [-0.2, -0.15) is 0 Å². The Balaban J connectivity index is 2.01. The zero-order valence-corrected chi connectivity index (χ0v) is 14.5. The second kappa shape index (κ2) is 8.16. The van der Waals surface area contributed by atoms with E-state index in [0.717, 1.165) is 29.1 Å². The summed E-state index contributed by atoms with van der Waals surface area (Å²) in [7, 11) is 0. The molecular weight excluding hydrogens is 312 g/mol. The Morgan fingerprint density at radius 2 is 1.59 bits per heavy atom. The molecule has 2 aromatic rings. The van der Waals surface area contributed by atoms with Crippen LogP contribution in [0.15, 0.2) is 42.5 Å². The summed E-state index contributed by atoms with van der Waals surface area (Å²) >= 11 is 11.3.